The second kappa shape index (κ2) is 5.14. The molecular weight excluding hydrogens is 285 g/mol. The number of rotatable bonds is 3. The van der Waals surface area contributed by atoms with Crippen LogP contribution < -0.4 is 4.74 Å². The Kier molecular flexibility index (Phi) is 3.29. The molecule has 22 heavy (non-hydrogen) atoms. The van der Waals surface area contributed by atoms with Gasteiger partial charge in [0.15, 0.2) is 11.6 Å². The summed E-state index contributed by atoms with van der Waals surface area (Å²) in [5, 5.41) is 5.04. The zero-order chi connectivity index (χ0) is 15.9. The van der Waals surface area contributed by atoms with Gasteiger partial charge in [-0.2, -0.15) is 5.10 Å². The molecule has 2 heterocycles. The number of nitrogens with zero attached hydrogens (tertiary/aromatic N) is 3. The molecule has 0 saturated carbocycles. The summed E-state index contributed by atoms with van der Waals surface area (Å²) in [6.07, 6.45) is 2.88. The van der Waals surface area contributed by atoms with Crippen molar-refractivity contribution in [3.05, 3.63) is 54.6 Å². The van der Waals surface area contributed by atoms with Crippen molar-refractivity contribution in [2.75, 3.05) is 0 Å². The third kappa shape index (κ3) is 2.18. The highest BCUT2D eigenvalue weighted by molar-refractivity contribution is 5.85. The van der Waals surface area contributed by atoms with E-state index in [1.807, 2.05) is 0 Å². The second-order valence-electron chi connectivity index (χ2n) is 4.88. The van der Waals surface area contributed by atoms with Crippen LogP contribution in [0.15, 0.2) is 43.1 Å². The van der Waals surface area contributed by atoms with Gasteiger partial charge in [0.2, 0.25) is 0 Å². The molecule has 0 spiro atoms. The van der Waals surface area contributed by atoms with E-state index >= 15 is 0 Å². The van der Waals surface area contributed by atoms with E-state index in [0.29, 0.717) is 17.3 Å². The highest BCUT2D eigenvalue weighted by Crippen LogP contribution is 2.30. The predicted molar refractivity (Wildman–Crippen MR) is 80.6 cm³/mol. The fraction of sp³-hybridized carbons (Fsp3) is 0.125. The molecule has 6 heteroatoms. The number of hydrogen-bond acceptors (Lipinski definition) is 3. The number of esters is 1. The van der Waals surface area contributed by atoms with Crippen molar-refractivity contribution in [3.63, 3.8) is 0 Å². The van der Waals surface area contributed by atoms with Crippen LogP contribution in [-0.4, -0.2) is 20.3 Å². The Morgan fingerprint density at radius 3 is 2.91 bits per heavy atom. The monoisotopic (exact) mass is 299 g/mol. The molecular formula is C16H14FN3O2. The molecule has 0 aliphatic heterocycles. The second-order valence-corrected chi connectivity index (χ2v) is 4.88. The van der Waals surface area contributed by atoms with Crippen LogP contribution in [0.1, 0.15) is 5.69 Å². The van der Waals surface area contributed by atoms with E-state index in [2.05, 4.69) is 11.7 Å². The number of fused-ring (bicyclic) bond motifs is 1. The Balaban J connectivity index is 2.22. The minimum absolute atomic E-state index is 0.301. The molecule has 0 atom stereocenters. The zero-order valence-corrected chi connectivity index (χ0v) is 12.2. The lowest BCUT2D eigenvalue weighted by Gasteiger charge is -2.09. The third-order valence-electron chi connectivity index (χ3n) is 3.39. The average molecular weight is 299 g/mol. The molecule has 0 aliphatic rings. The minimum Gasteiger partial charge on any atom is -0.417 e. The number of carbonyl (C=O) groups excluding carboxylic acids is 1. The Morgan fingerprint density at radius 2 is 2.18 bits per heavy atom. The lowest BCUT2D eigenvalue weighted by Crippen LogP contribution is -2.08. The summed E-state index contributed by atoms with van der Waals surface area (Å²) in [7, 11) is 1.75. The van der Waals surface area contributed by atoms with Gasteiger partial charge in [-0.25, -0.2) is 13.9 Å². The summed E-state index contributed by atoms with van der Waals surface area (Å²) in [6, 6.07) is 6.30. The van der Waals surface area contributed by atoms with Crippen molar-refractivity contribution < 1.29 is 13.9 Å². The fourth-order valence-electron chi connectivity index (χ4n) is 2.45. The third-order valence-corrected chi connectivity index (χ3v) is 3.39. The Labute approximate surface area is 126 Å². The smallest absolute Gasteiger partial charge is 0.335 e. The number of carbonyl (C=O) groups is 1. The molecule has 5 nitrogen and oxygen atoms in total. The van der Waals surface area contributed by atoms with E-state index in [-0.39, 0.29) is 5.82 Å². The Hall–Kier alpha value is -2.89. The van der Waals surface area contributed by atoms with Gasteiger partial charge >= 0.3 is 5.97 Å². The zero-order valence-electron chi connectivity index (χ0n) is 12.2. The molecule has 2 aromatic heterocycles. The average Bonchev–Trinajstić information content (AvgIpc) is 2.99. The van der Waals surface area contributed by atoms with Crippen LogP contribution in [0, 0.1) is 12.7 Å². The van der Waals surface area contributed by atoms with Crippen molar-refractivity contribution in [2.45, 2.75) is 6.92 Å². The van der Waals surface area contributed by atoms with Crippen LogP contribution in [0.25, 0.3) is 16.7 Å². The van der Waals surface area contributed by atoms with Gasteiger partial charge in [-0.3, -0.25) is 4.57 Å². The maximum atomic E-state index is 13.3. The first-order chi connectivity index (χ1) is 10.5. The van der Waals surface area contributed by atoms with Crippen LogP contribution in [0.5, 0.6) is 5.75 Å². The Bertz CT molecular complexity index is 892. The summed E-state index contributed by atoms with van der Waals surface area (Å²) in [4.78, 5) is 11.5. The molecule has 1 aromatic carbocycles. The van der Waals surface area contributed by atoms with Gasteiger partial charge in [-0.1, -0.05) is 6.58 Å². The molecule has 0 saturated heterocycles. The fourth-order valence-corrected chi connectivity index (χ4v) is 2.45. The van der Waals surface area contributed by atoms with Gasteiger partial charge in [-0.15, -0.1) is 0 Å². The SMILES string of the molecule is C=CC(=O)Oc1c(C)nn(C)c1-n1ccc2cc(F)ccc21. The van der Waals surface area contributed by atoms with Crippen LogP contribution in [0.3, 0.4) is 0 Å². The first kappa shape index (κ1) is 14.1. The van der Waals surface area contributed by atoms with Crippen LogP contribution in [0.4, 0.5) is 4.39 Å². The highest BCUT2D eigenvalue weighted by Gasteiger charge is 2.20. The molecule has 0 unspecified atom stereocenters. The topological polar surface area (TPSA) is 49.0 Å². The summed E-state index contributed by atoms with van der Waals surface area (Å²) in [6.45, 7) is 5.15. The maximum absolute atomic E-state index is 13.3. The number of aromatic nitrogens is 3. The van der Waals surface area contributed by atoms with Gasteiger partial charge in [0.05, 0.1) is 5.52 Å². The molecule has 0 radical (unpaired) electrons. The van der Waals surface area contributed by atoms with Gasteiger partial charge in [0, 0.05) is 24.7 Å². The number of ether oxygens (including phenoxy) is 1. The summed E-state index contributed by atoms with van der Waals surface area (Å²) < 4.78 is 22.1. The lowest BCUT2D eigenvalue weighted by molar-refractivity contribution is -0.129. The number of hydrogen-bond donors (Lipinski definition) is 0. The van der Waals surface area contributed by atoms with Crippen molar-refractivity contribution >= 4 is 16.9 Å². The van der Waals surface area contributed by atoms with Gasteiger partial charge in [0.25, 0.3) is 0 Å². The van der Waals surface area contributed by atoms with E-state index in [1.165, 1.54) is 12.1 Å². The predicted octanol–water partition coefficient (Wildman–Crippen LogP) is 2.90. The van der Waals surface area contributed by atoms with Gasteiger partial charge in [-0.05, 0) is 31.2 Å². The summed E-state index contributed by atoms with van der Waals surface area (Å²) in [5.41, 5.74) is 1.37. The van der Waals surface area contributed by atoms with E-state index in [1.54, 1.807) is 41.5 Å². The van der Waals surface area contributed by atoms with Crippen molar-refractivity contribution in [3.8, 4) is 11.6 Å². The maximum Gasteiger partial charge on any atom is 0.335 e. The molecule has 0 aliphatic carbocycles. The standard InChI is InChI=1S/C16H14FN3O2/c1-4-14(21)22-15-10(2)18-19(3)16(15)20-8-7-11-9-12(17)5-6-13(11)20/h4-9H,1H2,2-3H3. The number of halogens is 1. The molecule has 112 valence electrons. The quantitative estimate of drug-likeness (QED) is 0.552. The number of benzene rings is 1. The largest absolute Gasteiger partial charge is 0.417 e. The van der Waals surface area contributed by atoms with Gasteiger partial charge < -0.3 is 4.74 Å². The normalized spacial score (nSPS) is 10.9. The van der Waals surface area contributed by atoms with Crippen molar-refractivity contribution in [1.29, 1.82) is 0 Å². The summed E-state index contributed by atoms with van der Waals surface area (Å²) >= 11 is 0. The Morgan fingerprint density at radius 1 is 1.41 bits per heavy atom. The lowest BCUT2D eigenvalue weighted by atomic mass is 10.2. The molecule has 0 bridgehead atoms. The van der Waals surface area contributed by atoms with Crippen LogP contribution >= 0.6 is 0 Å². The van der Waals surface area contributed by atoms with Crippen LogP contribution in [-0.2, 0) is 11.8 Å². The molecule has 3 aromatic rings. The first-order valence-corrected chi connectivity index (χ1v) is 6.66. The number of aryl methyl sites for hydroxylation is 2. The van der Waals surface area contributed by atoms with Gasteiger partial charge in [0.1, 0.15) is 11.5 Å². The van der Waals surface area contributed by atoms with E-state index in [9.17, 15) is 9.18 Å². The van der Waals surface area contributed by atoms with Crippen LogP contribution in [0.2, 0.25) is 0 Å². The highest BCUT2D eigenvalue weighted by atomic mass is 19.1. The first-order valence-electron chi connectivity index (χ1n) is 6.66. The minimum atomic E-state index is -0.556. The van der Waals surface area contributed by atoms with E-state index in [0.717, 1.165) is 17.0 Å². The molecule has 0 amide bonds. The molecule has 0 fully saturated rings. The summed E-state index contributed by atoms with van der Waals surface area (Å²) in [5.74, 6) is 0.0909. The van der Waals surface area contributed by atoms with E-state index in [4.69, 9.17) is 4.74 Å². The van der Waals surface area contributed by atoms with E-state index < -0.39 is 5.97 Å². The molecule has 3 rings (SSSR count). The molecule has 0 N–H and O–H groups in total. The van der Waals surface area contributed by atoms with Crippen molar-refractivity contribution in [2.24, 2.45) is 7.05 Å². The van der Waals surface area contributed by atoms with Crippen molar-refractivity contribution in [1.82, 2.24) is 14.3 Å².